The van der Waals surface area contributed by atoms with Crippen molar-refractivity contribution in [3.05, 3.63) is 0 Å². The molecule has 0 bridgehead atoms. The molecule has 1 heterocycles. The highest BCUT2D eigenvalue weighted by Gasteiger charge is 2.23. The zero-order chi connectivity index (χ0) is 5.28. The van der Waals surface area contributed by atoms with E-state index in [0.717, 1.165) is 0 Å². The van der Waals surface area contributed by atoms with Crippen LogP contribution in [0.5, 0.6) is 0 Å². The Morgan fingerprint density at radius 2 is 2.29 bits per heavy atom. The summed E-state index contributed by atoms with van der Waals surface area (Å²) < 4.78 is 11.5. The van der Waals surface area contributed by atoms with Crippen LogP contribution in [0.4, 0.5) is 4.39 Å². The fraction of sp³-hybridized carbons (Fsp3) is 0.750. The second-order valence-corrected chi connectivity index (χ2v) is 1.66. The van der Waals surface area contributed by atoms with E-state index < -0.39 is 6.04 Å². The summed E-state index contributed by atoms with van der Waals surface area (Å²) in [6.45, 7) is 1.05. The molecule has 0 aromatic carbocycles. The van der Waals surface area contributed by atoms with Gasteiger partial charge >= 0.3 is 6.04 Å². The second kappa shape index (κ2) is 1.58. The number of rotatable bonds is 1. The van der Waals surface area contributed by atoms with Gasteiger partial charge in [0.1, 0.15) is 0 Å². The van der Waals surface area contributed by atoms with Crippen LogP contribution in [-0.2, 0) is 4.79 Å². The predicted molar refractivity (Wildman–Crippen MR) is 22.5 cm³/mol. The highest BCUT2D eigenvalue weighted by molar-refractivity contribution is 5.72. The van der Waals surface area contributed by atoms with E-state index in [1.165, 1.54) is 0 Å². The van der Waals surface area contributed by atoms with Gasteiger partial charge < -0.3 is 5.32 Å². The SMILES string of the molecule is O=C(F)C1CNC1. The molecule has 1 aliphatic heterocycles. The maximum Gasteiger partial charge on any atom is 0.307 e. The zero-order valence-corrected chi connectivity index (χ0v) is 3.78. The van der Waals surface area contributed by atoms with Crippen LogP contribution in [0.2, 0.25) is 0 Å². The smallest absolute Gasteiger partial charge is 0.307 e. The number of carbonyl (C=O) groups is 1. The summed E-state index contributed by atoms with van der Waals surface area (Å²) >= 11 is 0. The number of nitrogens with one attached hydrogen (secondary N) is 1. The Morgan fingerprint density at radius 1 is 1.71 bits per heavy atom. The van der Waals surface area contributed by atoms with Crippen molar-refractivity contribution in [2.75, 3.05) is 13.1 Å². The molecule has 0 aromatic rings. The van der Waals surface area contributed by atoms with Crippen molar-refractivity contribution in [3.63, 3.8) is 0 Å². The average Bonchev–Trinajstić information content (AvgIpc) is 1.23. The third-order valence-corrected chi connectivity index (χ3v) is 1.10. The molecule has 1 rings (SSSR count). The number of halogens is 1. The quantitative estimate of drug-likeness (QED) is 0.462. The molecule has 3 heteroatoms. The Labute approximate surface area is 40.7 Å². The first-order valence-corrected chi connectivity index (χ1v) is 2.21. The number of hydrogen-bond acceptors (Lipinski definition) is 2. The van der Waals surface area contributed by atoms with Crippen LogP contribution >= 0.6 is 0 Å². The van der Waals surface area contributed by atoms with Crippen LogP contribution in [0.3, 0.4) is 0 Å². The molecule has 7 heavy (non-hydrogen) atoms. The molecule has 0 atom stereocenters. The molecule has 0 aliphatic carbocycles. The van der Waals surface area contributed by atoms with Gasteiger partial charge in [-0.05, 0) is 0 Å². The molecule has 0 amide bonds. The first-order chi connectivity index (χ1) is 3.30. The van der Waals surface area contributed by atoms with Gasteiger partial charge in [0, 0.05) is 13.1 Å². The molecule has 40 valence electrons. The first-order valence-electron chi connectivity index (χ1n) is 2.21. The van der Waals surface area contributed by atoms with Gasteiger partial charge in [-0.25, -0.2) is 0 Å². The molecule has 0 saturated carbocycles. The zero-order valence-electron chi connectivity index (χ0n) is 3.78. The molecule has 1 aliphatic rings. The minimum absolute atomic E-state index is 0.333. The average molecular weight is 103 g/mol. The molecule has 0 radical (unpaired) electrons. The van der Waals surface area contributed by atoms with Crippen LogP contribution < -0.4 is 5.32 Å². The number of carbonyl (C=O) groups excluding carboxylic acids is 1. The van der Waals surface area contributed by atoms with E-state index in [9.17, 15) is 9.18 Å². The summed E-state index contributed by atoms with van der Waals surface area (Å²) in [5.74, 6) is -0.333. The lowest BCUT2D eigenvalue weighted by Gasteiger charge is -2.21. The molecular weight excluding hydrogens is 97.0 g/mol. The van der Waals surface area contributed by atoms with Crippen molar-refractivity contribution in [2.24, 2.45) is 5.92 Å². The van der Waals surface area contributed by atoms with Crippen molar-refractivity contribution < 1.29 is 9.18 Å². The maximum absolute atomic E-state index is 11.5. The van der Waals surface area contributed by atoms with E-state index in [1.54, 1.807) is 0 Å². The van der Waals surface area contributed by atoms with Gasteiger partial charge in [-0.15, -0.1) is 0 Å². The van der Waals surface area contributed by atoms with Crippen molar-refractivity contribution in [1.29, 1.82) is 0 Å². The Bertz CT molecular complexity index is 89.7. The fourth-order valence-electron chi connectivity index (χ4n) is 0.449. The lowest BCUT2D eigenvalue weighted by molar-refractivity contribution is -0.135. The molecular formula is C4H6FNO. The summed E-state index contributed by atoms with van der Waals surface area (Å²) in [6, 6.07) is -1.18. The lowest BCUT2D eigenvalue weighted by Crippen LogP contribution is -2.45. The Kier molecular flexibility index (Phi) is 1.06. The largest absolute Gasteiger partial charge is 0.315 e. The molecule has 0 unspecified atom stereocenters. The number of hydrogen-bond donors (Lipinski definition) is 1. The van der Waals surface area contributed by atoms with Crippen LogP contribution in [0.1, 0.15) is 0 Å². The molecule has 2 nitrogen and oxygen atoms in total. The molecule has 1 fully saturated rings. The van der Waals surface area contributed by atoms with Crippen molar-refractivity contribution >= 4 is 6.04 Å². The summed E-state index contributed by atoms with van der Waals surface area (Å²) in [5, 5.41) is 2.78. The van der Waals surface area contributed by atoms with Gasteiger partial charge in [0.2, 0.25) is 0 Å². The Balaban J connectivity index is 2.27. The molecule has 0 spiro atoms. The van der Waals surface area contributed by atoms with Crippen LogP contribution in [0.25, 0.3) is 0 Å². The summed E-state index contributed by atoms with van der Waals surface area (Å²) in [6.07, 6.45) is 0. The Morgan fingerprint density at radius 3 is 2.29 bits per heavy atom. The molecule has 1 N–H and O–H groups in total. The van der Waals surface area contributed by atoms with E-state index in [2.05, 4.69) is 5.32 Å². The van der Waals surface area contributed by atoms with E-state index in [1.807, 2.05) is 0 Å². The van der Waals surface area contributed by atoms with Gasteiger partial charge in [-0.3, -0.25) is 4.79 Å². The minimum atomic E-state index is -1.18. The monoisotopic (exact) mass is 103 g/mol. The third-order valence-electron chi connectivity index (χ3n) is 1.10. The summed E-state index contributed by atoms with van der Waals surface area (Å²) in [5.41, 5.74) is 0. The van der Waals surface area contributed by atoms with E-state index in [0.29, 0.717) is 13.1 Å². The van der Waals surface area contributed by atoms with Crippen LogP contribution in [0, 0.1) is 5.92 Å². The summed E-state index contributed by atoms with van der Waals surface area (Å²) in [7, 11) is 0. The van der Waals surface area contributed by atoms with Crippen molar-refractivity contribution in [3.8, 4) is 0 Å². The Hall–Kier alpha value is -0.440. The van der Waals surface area contributed by atoms with Crippen LogP contribution in [-0.4, -0.2) is 19.1 Å². The normalized spacial score (nSPS) is 21.3. The topological polar surface area (TPSA) is 29.1 Å². The highest BCUT2D eigenvalue weighted by atomic mass is 19.1. The van der Waals surface area contributed by atoms with Gasteiger partial charge in [-0.1, -0.05) is 0 Å². The van der Waals surface area contributed by atoms with Gasteiger partial charge in [0.05, 0.1) is 5.92 Å². The van der Waals surface area contributed by atoms with Crippen molar-refractivity contribution in [2.45, 2.75) is 0 Å². The summed E-state index contributed by atoms with van der Waals surface area (Å²) in [4.78, 5) is 9.72. The second-order valence-electron chi connectivity index (χ2n) is 1.66. The predicted octanol–water partition coefficient (Wildman–Crippen LogP) is -0.298. The molecule has 1 saturated heterocycles. The minimum Gasteiger partial charge on any atom is -0.315 e. The first kappa shape index (κ1) is 4.71. The van der Waals surface area contributed by atoms with Gasteiger partial charge in [0.15, 0.2) is 0 Å². The van der Waals surface area contributed by atoms with Gasteiger partial charge in [-0.2, -0.15) is 4.39 Å². The van der Waals surface area contributed by atoms with Crippen LogP contribution in [0.15, 0.2) is 0 Å². The van der Waals surface area contributed by atoms with E-state index in [4.69, 9.17) is 0 Å². The van der Waals surface area contributed by atoms with Crippen molar-refractivity contribution in [1.82, 2.24) is 5.32 Å². The lowest BCUT2D eigenvalue weighted by atomic mass is 10.1. The van der Waals surface area contributed by atoms with E-state index >= 15 is 0 Å². The van der Waals surface area contributed by atoms with Gasteiger partial charge in [0.25, 0.3) is 0 Å². The van der Waals surface area contributed by atoms with E-state index in [-0.39, 0.29) is 5.92 Å². The maximum atomic E-state index is 11.5. The third kappa shape index (κ3) is 0.771. The highest BCUT2D eigenvalue weighted by Crippen LogP contribution is 2.03. The standard InChI is InChI=1S/C4H6FNO/c5-4(7)3-1-6-2-3/h3,6H,1-2H2. The molecule has 0 aromatic heterocycles. The fourth-order valence-corrected chi connectivity index (χ4v) is 0.449.